The van der Waals surface area contributed by atoms with Crippen LogP contribution in [0.1, 0.15) is 12.0 Å². The Morgan fingerprint density at radius 1 is 1.53 bits per heavy atom. The summed E-state index contributed by atoms with van der Waals surface area (Å²) in [5, 5.41) is 0. The van der Waals surface area contributed by atoms with Crippen LogP contribution in [0.3, 0.4) is 0 Å². The van der Waals surface area contributed by atoms with Gasteiger partial charge in [0.15, 0.2) is 6.10 Å². The van der Waals surface area contributed by atoms with Crippen molar-refractivity contribution < 1.29 is 19.1 Å². The van der Waals surface area contributed by atoms with E-state index in [-0.39, 0.29) is 5.91 Å². The van der Waals surface area contributed by atoms with Crippen LogP contribution in [0, 0.1) is 0 Å². The molecule has 7 nitrogen and oxygen atoms in total. The lowest BCUT2D eigenvalue weighted by atomic mass is 10.1. The molecule has 0 radical (unpaired) electrons. The Morgan fingerprint density at radius 2 is 2.26 bits per heavy atom. The molecule has 2 rings (SSSR count). The highest BCUT2D eigenvalue weighted by molar-refractivity contribution is 5.97. The third-order valence-electron chi connectivity index (χ3n) is 3.00. The number of nitrogens with zero attached hydrogens (tertiary/aromatic N) is 2. The van der Waals surface area contributed by atoms with E-state index in [1.807, 2.05) is 6.07 Å². The average molecular weight is 265 g/mol. The number of pyridine rings is 1. The molecule has 0 fully saturated rings. The Bertz CT molecular complexity index is 518. The van der Waals surface area contributed by atoms with Gasteiger partial charge in [-0.15, -0.1) is 0 Å². The predicted octanol–water partition coefficient (Wildman–Crippen LogP) is 0.463. The highest BCUT2D eigenvalue weighted by Gasteiger charge is 2.31. The molecule has 0 saturated carbocycles. The van der Waals surface area contributed by atoms with Gasteiger partial charge in [-0.2, -0.15) is 4.98 Å². The van der Waals surface area contributed by atoms with Crippen molar-refractivity contribution in [2.75, 3.05) is 19.1 Å². The Hall–Kier alpha value is -2.31. The number of carbonyl (C=O) groups is 2. The van der Waals surface area contributed by atoms with E-state index in [1.165, 1.54) is 12.0 Å². The normalized spacial score (nSPS) is 18.5. The molecule has 1 aromatic heterocycles. The zero-order valence-corrected chi connectivity index (χ0v) is 10.8. The highest BCUT2D eigenvalue weighted by Crippen LogP contribution is 2.27. The smallest absolute Gasteiger partial charge is 0.405 e. The molecule has 0 spiro atoms. The molecule has 2 heterocycles. The van der Waals surface area contributed by atoms with Gasteiger partial charge in [0.2, 0.25) is 5.88 Å². The molecule has 0 aliphatic carbocycles. The first kappa shape index (κ1) is 13.1. The monoisotopic (exact) mass is 265 g/mol. The van der Waals surface area contributed by atoms with Crippen LogP contribution in [0.25, 0.3) is 0 Å². The number of amides is 2. The third-order valence-corrected chi connectivity index (χ3v) is 3.00. The fraction of sp³-hybridized carbons (Fsp3) is 0.417. The number of likely N-dealkylation sites (N-methyl/N-ethyl adjacent to an activating group) is 1. The lowest BCUT2D eigenvalue weighted by Gasteiger charge is -2.20. The molecular weight excluding hydrogens is 250 g/mol. The summed E-state index contributed by atoms with van der Waals surface area (Å²) >= 11 is 0. The van der Waals surface area contributed by atoms with Crippen LogP contribution in [0.15, 0.2) is 12.1 Å². The third kappa shape index (κ3) is 2.59. The van der Waals surface area contributed by atoms with Gasteiger partial charge in [0, 0.05) is 13.1 Å². The molecule has 1 atom stereocenters. The Kier molecular flexibility index (Phi) is 3.55. The van der Waals surface area contributed by atoms with Gasteiger partial charge in [0.05, 0.1) is 7.11 Å². The standard InChI is InChI=1S/C12H15N3O4/c1-15-10-7(4-6-9(14-10)18-2)3-5-8(11(15)16)19-12(13)17/h4,6,8H,3,5H2,1-2H3,(H2,13,17)/t8-/m0/s1. The molecular formula is C12H15N3O4. The minimum absolute atomic E-state index is 0.349. The first-order chi connectivity index (χ1) is 9.02. The highest BCUT2D eigenvalue weighted by atomic mass is 16.6. The largest absolute Gasteiger partial charge is 0.481 e. The zero-order valence-electron chi connectivity index (χ0n) is 10.8. The molecule has 0 unspecified atom stereocenters. The summed E-state index contributed by atoms with van der Waals surface area (Å²) in [4.78, 5) is 28.6. The Labute approximate surface area is 110 Å². The summed E-state index contributed by atoms with van der Waals surface area (Å²) in [5.41, 5.74) is 5.86. The number of methoxy groups -OCH3 is 1. The number of aromatic nitrogens is 1. The van der Waals surface area contributed by atoms with Crippen LogP contribution < -0.4 is 15.4 Å². The van der Waals surface area contributed by atoms with Gasteiger partial charge < -0.3 is 15.2 Å². The van der Waals surface area contributed by atoms with Crippen LogP contribution >= 0.6 is 0 Å². The van der Waals surface area contributed by atoms with E-state index in [1.54, 1.807) is 13.1 Å². The number of anilines is 1. The van der Waals surface area contributed by atoms with Gasteiger partial charge in [0.1, 0.15) is 5.82 Å². The van der Waals surface area contributed by atoms with E-state index in [9.17, 15) is 9.59 Å². The number of carbonyl (C=O) groups excluding carboxylic acids is 2. The number of aryl methyl sites for hydroxylation is 1. The van der Waals surface area contributed by atoms with Gasteiger partial charge in [-0.3, -0.25) is 9.69 Å². The van der Waals surface area contributed by atoms with E-state index in [0.29, 0.717) is 24.5 Å². The molecule has 2 N–H and O–H groups in total. The molecule has 0 aromatic carbocycles. The Balaban J connectivity index is 2.33. The molecule has 0 bridgehead atoms. The van der Waals surface area contributed by atoms with E-state index in [2.05, 4.69) is 4.98 Å². The van der Waals surface area contributed by atoms with Crippen molar-refractivity contribution in [3.8, 4) is 5.88 Å². The van der Waals surface area contributed by atoms with E-state index >= 15 is 0 Å². The summed E-state index contributed by atoms with van der Waals surface area (Å²) in [6.45, 7) is 0. The van der Waals surface area contributed by atoms with Crippen LogP contribution in [-0.4, -0.2) is 37.2 Å². The summed E-state index contributed by atoms with van der Waals surface area (Å²) < 4.78 is 9.87. The summed E-state index contributed by atoms with van der Waals surface area (Å²) in [7, 11) is 3.09. The fourth-order valence-corrected chi connectivity index (χ4v) is 2.04. The second kappa shape index (κ2) is 5.13. The number of hydrogen-bond donors (Lipinski definition) is 1. The number of ether oxygens (including phenoxy) is 2. The van der Waals surface area contributed by atoms with Gasteiger partial charge in [0.25, 0.3) is 5.91 Å². The predicted molar refractivity (Wildman–Crippen MR) is 67.0 cm³/mol. The number of primary amides is 1. The average Bonchev–Trinajstić information content (AvgIpc) is 2.50. The topological polar surface area (TPSA) is 94.8 Å². The number of nitrogens with two attached hydrogens (primary N) is 1. The van der Waals surface area contributed by atoms with Crippen molar-refractivity contribution in [3.05, 3.63) is 17.7 Å². The molecule has 1 aliphatic heterocycles. The van der Waals surface area contributed by atoms with Crippen molar-refractivity contribution in [1.82, 2.24) is 4.98 Å². The maximum atomic E-state index is 12.2. The van der Waals surface area contributed by atoms with Crippen LogP contribution in [0.2, 0.25) is 0 Å². The minimum atomic E-state index is -0.955. The molecule has 2 amide bonds. The first-order valence-corrected chi connectivity index (χ1v) is 5.80. The summed E-state index contributed by atoms with van der Waals surface area (Å²) in [5.74, 6) is 0.589. The summed E-state index contributed by atoms with van der Waals surface area (Å²) in [6.07, 6.45) is -0.876. The van der Waals surface area contributed by atoms with Crippen LogP contribution in [0.5, 0.6) is 5.88 Å². The van der Waals surface area contributed by atoms with Crippen molar-refractivity contribution in [1.29, 1.82) is 0 Å². The zero-order chi connectivity index (χ0) is 14.0. The van der Waals surface area contributed by atoms with Gasteiger partial charge >= 0.3 is 6.09 Å². The van der Waals surface area contributed by atoms with Crippen molar-refractivity contribution in [3.63, 3.8) is 0 Å². The lowest BCUT2D eigenvalue weighted by Crippen LogP contribution is -2.39. The van der Waals surface area contributed by atoms with E-state index < -0.39 is 12.2 Å². The van der Waals surface area contributed by atoms with Gasteiger partial charge in [-0.25, -0.2) is 4.79 Å². The maximum absolute atomic E-state index is 12.2. The SMILES string of the molecule is COc1ccc2c(n1)N(C)C(=O)[C@@H](OC(N)=O)CC2. The second-order valence-corrected chi connectivity index (χ2v) is 4.20. The molecule has 7 heteroatoms. The molecule has 102 valence electrons. The maximum Gasteiger partial charge on any atom is 0.405 e. The van der Waals surface area contributed by atoms with Crippen molar-refractivity contribution in [2.24, 2.45) is 5.73 Å². The van der Waals surface area contributed by atoms with E-state index in [4.69, 9.17) is 15.2 Å². The molecule has 1 aliphatic rings. The van der Waals surface area contributed by atoms with Crippen LogP contribution in [0.4, 0.5) is 10.6 Å². The number of rotatable bonds is 2. The lowest BCUT2D eigenvalue weighted by molar-refractivity contribution is -0.126. The summed E-state index contributed by atoms with van der Waals surface area (Å²) in [6, 6.07) is 3.57. The first-order valence-electron chi connectivity index (χ1n) is 5.80. The molecule has 0 saturated heterocycles. The number of hydrogen-bond acceptors (Lipinski definition) is 5. The molecule has 19 heavy (non-hydrogen) atoms. The molecule has 1 aromatic rings. The fourth-order valence-electron chi connectivity index (χ4n) is 2.04. The quantitative estimate of drug-likeness (QED) is 0.838. The van der Waals surface area contributed by atoms with Crippen molar-refractivity contribution in [2.45, 2.75) is 18.9 Å². The van der Waals surface area contributed by atoms with Gasteiger partial charge in [-0.05, 0) is 24.5 Å². The second-order valence-electron chi connectivity index (χ2n) is 4.20. The Morgan fingerprint density at radius 3 is 2.89 bits per heavy atom. The van der Waals surface area contributed by atoms with Crippen molar-refractivity contribution >= 4 is 17.8 Å². The van der Waals surface area contributed by atoms with Crippen LogP contribution in [-0.2, 0) is 16.0 Å². The number of fused-ring (bicyclic) bond motifs is 1. The minimum Gasteiger partial charge on any atom is -0.481 e. The van der Waals surface area contributed by atoms with E-state index in [0.717, 1.165) is 5.56 Å². The van der Waals surface area contributed by atoms with Gasteiger partial charge in [-0.1, -0.05) is 0 Å².